The third kappa shape index (κ3) is 5.72. The monoisotopic (exact) mass is 447 g/mol. The highest BCUT2D eigenvalue weighted by Crippen LogP contribution is 2.26. The largest absolute Gasteiger partial charge is 0.489 e. The van der Waals surface area contributed by atoms with E-state index in [0.717, 1.165) is 38.3 Å². The van der Waals surface area contributed by atoms with Crippen molar-refractivity contribution < 1.29 is 4.74 Å². The van der Waals surface area contributed by atoms with Gasteiger partial charge in [0.15, 0.2) is 0 Å². The van der Waals surface area contributed by atoms with E-state index in [1.165, 1.54) is 22.5 Å². The van der Waals surface area contributed by atoms with Crippen molar-refractivity contribution in [3.8, 4) is 17.0 Å². The van der Waals surface area contributed by atoms with Gasteiger partial charge >= 0.3 is 0 Å². The molecule has 1 aromatic heterocycles. The summed E-state index contributed by atoms with van der Waals surface area (Å²) in [6, 6.07) is 21.8. The number of halogens is 1. The molecular formula is C25H22ClN3OS. The zero-order chi connectivity index (χ0) is 21.6. The molecule has 156 valence electrons. The van der Waals surface area contributed by atoms with E-state index in [1.807, 2.05) is 53.9 Å². The van der Waals surface area contributed by atoms with Crippen LogP contribution in [0.25, 0.3) is 11.3 Å². The highest BCUT2D eigenvalue weighted by atomic mass is 35.5. The maximum Gasteiger partial charge on any atom is 0.203 e. The van der Waals surface area contributed by atoms with Crippen molar-refractivity contribution in [2.75, 3.05) is 5.43 Å². The minimum atomic E-state index is 0.483. The highest BCUT2D eigenvalue weighted by Gasteiger charge is 2.05. The van der Waals surface area contributed by atoms with Crippen LogP contribution < -0.4 is 10.2 Å². The normalized spacial score (nSPS) is 11.1. The smallest absolute Gasteiger partial charge is 0.203 e. The Kier molecular flexibility index (Phi) is 6.65. The second-order valence-electron chi connectivity index (χ2n) is 7.19. The fourth-order valence-electron chi connectivity index (χ4n) is 2.95. The summed E-state index contributed by atoms with van der Waals surface area (Å²) in [5.41, 5.74) is 9.62. The van der Waals surface area contributed by atoms with Gasteiger partial charge in [0.05, 0.1) is 11.9 Å². The van der Waals surface area contributed by atoms with Crippen molar-refractivity contribution in [1.29, 1.82) is 0 Å². The number of ether oxygens (including phenoxy) is 1. The number of nitrogens with zero attached hydrogens (tertiary/aromatic N) is 2. The van der Waals surface area contributed by atoms with Crippen molar-refractivity contribution in [3.05, 3.63) is 99.4 Å². The average molecular weight is 448 g/mol. The van der Waals surface area contributed by atoms with E-state index < -0.39 is 0 Å². The zero-order valence-corrected chi connectivity index (χ0v) is 18.9. The maximum absolute atomic E-state index is 5.92. The number of hydrogen-bond donors (Lipinski definition) is 1. The summed E-state index contributed by atoms with van der Waals surface area (Å²) in [6.45, 7) is 4.71. The van der Waals surface area contributed by atoms with Gasteiger partial charge in [0.2, 0.25) is 5.13 Å². The first-order valence-corrected chi connectivity index (χ1v) is 11.1. The predicted molar refractivity (Wildman–Crippen MR) is 130 cm³/mol. The molecule has 0 aliphatic rings. The van der Waals surface area contributed by atoms with Gasteiger partial charge in [0.25, 0.3) is 0 Å². The fourth-order valence-corrected chi connectivity index (χ4v) is 3.75. The summed E-state index contributed by atoms with van der Waals surface area (Å²) >= 11 is 7.45. The summed E-state index contributed by atoms with van der Waals surface area (Å²) in [5, 5.41) is 7.83. The molecule has 3 aromatic carbocycles. The quantitative estimate of drug-likeness (QED) is 0.242. The lowest BCUT2D eigenvalue weighted by Gasteiger charge is -2.07. The summed E-state index contributed by atoms with van der Waals surface area (Å²) in [4.78, 5) is 4.63. The van der Waals surface area contributed by atoms with Crippen LogP contribution in [-0.2, 0) is 6.61 Å². The van der Waals surface area contributed by atoms with Crippen molar-refractivity contribution in [2.45, 2.75) is 20.5 Å². The second-order valence-corrected chi connectivity index (χ2v) is 8.49. The molecule has 0 amide bonds. The van der Waals surface area contributed by atoms with Crippen LogP contribution in [-0.4, -0.2) is 11.2 Å². The van der Waals surface area contributed by atoms with Gasteiger partial charge in [-0.1, -0.05) is 48.0 Å². The number of anilines is 1. The van der Waals surface area contributed by atoms with Crippen LogP contribution in [0.4, 0.5) is 5.13 Å². The molecular weight excluding hydrogens is 426 g/mol. The molecule has 4 nitrogen and oxygen atoms in total. The number of benzene rings is 3. The van der Waals surface area contributed by atoms with Crippen molar-refractivity contribution in [1.82, 2.24) is 4.98 Å². The highest BCUT2D eigenvalue weighted by molar-refractivity contribution is 7.14. The Morgan fingerprint density at radius 1 is 1.03 bits per heavy atom. The number of aromatic nitrogens is 1. The van der Waals surface area contributed by atoms with Crippen LogP contribution >= 0.6 is 22.9 Å². The molecule has 0 fully saturated rings. The van der Waals surface area contributed by atoms with Crippen molar-refractivity contribution in [2.24, 2.45) is 5.10 Å². The minimum Gasteiger partial charge on any atom is -0.489 e. The van der Waals surface area contributed by atoms with E-state index in [1.54, 1.807) is 6.21 Å². The molecule has 0 unspecified atom stereocenters. The Morgan fingerprint density at radius 3 is 2.68 bits per heavy atom. The molecule has 0 atom stereocenters. The molecule has 6 heteroatoms. The van der Waals surface area contributed by atoms with E-state index >= 15 is 0 Å². The Bertz CT molecular complexity index is 1200. The lowest BCUT2D eigenvalue weighted by molar-refractivity contribution is 0.306. The number of hydrazone groups is 1. The third-order valence-electron chi connectivity index (χ3n) is 4.86. The number of rotatable bonds is 7. The molecule has 0 bridgehead atoms. The Morgan fingerprint density at radius 2 is 1.87 bits per heavy atom. The van der Waals surface area contributed by atoms with Gasteiger partial charge in [0.1, 0.15) is 12.4 Å². The summed E-state index contributed by atoms with van der Waals surface area (Å²) in [7, 11) is 0. The number of aryl methyl sites for hydroxylation is 2. The minimum absolute atomic E-state index is 0.483. The van der Waals surface area contributed by atoms with E-state index in [4.69, 9.17) is 16.3 Å². The Labute approximate surface area is 191 Å². The van der Waals surface area contributed by atoms with Gasteiger partial charge in [-0.05, 0) is 66.4 Å². The predicted octanol–water partition coefficient (Wildman–Crippen LogP) is 7.11. The van der Waals surface area contributed by atoms with Crippen LogP contribution in [0.2, 0.25) is 5.02 Å². The SMILES string of the molecule is Cc1ccc(-c2csc(N/N=C\c3cccc(OCc4ccc(Cl)cc4)c3)n2)cc1C. The average Bonchev–Trinajstić information content (AvgIpc) is 3.24. The van der Waals surface area contributed by atoms with Crippen LogP contribution in [0, 0.1) is 13.8 Å². The van der Waals surface area contributed by atoms with E-state index in [9.17, 15) is 0 Å². The van der Waals surface area contributed by atoms with Crippen LogP contribution in [0.3, 0.4) is 0 Å². The van der Waals surface area contributed by atoms with Gasteiger partial charge in [-0.2, -0.15) is 5.10 Å². The van der Waals surface area contributed by atoms with Crippen LogP contribution in [0.15, 0.2) is 77.2 Å². The molecule has 1 heterocycles. The van der Waals surface area contributed by atoms with Crippen LogP contribution in [0.5, 0.6) is 5.75 Å². The van der Waals surface area contributed by atoms with Crippen LogP contribution in [0.1, 0.15) is 22.3 Å². The molecule has 0 saturated carbocycles. The lowest BCUT2D eigenvalue weighted by Crippen LogP contribution is -1.96. The first kappa shape index (κ1) is 21.1. The zero-order valence-electron chi connectivity index (χ0n) is 17.3. The molecule has 0 aliphatic carbocycles. The third-order valence-corrected chi connectivity index (χ3v) is 5.86. The van der Waals surface area contributed by atoms with Gasteiger partial charge in [0, 0.05) is 16.0 Å². The molecule has 1 N–H and O–H groups in total. The van der Waals surface area contributed by atoms with Gasteiger partial charge < -0.3 is 4.74 Å². The molecule has 4 rings (SSSR count). The summed E-state index contributed by atoms with van der Waals surface area (Å²) in [5.74, 6) is 0.783. The number of nitrogens with one attached hydrogen (secondary N) is 1. The van der Waals surface area contributed by atoms with Gasteiger partial charge in [-0.15, -0.1) is 11.3 Å². The molecule has 4 aromatic rings. The Balaban J connectivity index is 1.36. The Hall–Kier alpha value is -3.15. The first-order chi connectivity index (χ1) is 15.1. The van der Waals surface area contributed by atoms with Crippen molar-refractivity contribution in [3.63, 3.8) is 0 Å². The lowest BCUT2D eigenvalue weighted by atomic mass is 10.1. The summed E-state index contributed by atoms with van der Waals surface area (Å²) < 4.78 is 5.87. The van der Waals surface area contributed by atoms with E-state index in [-0.39, 0.29) is 0 Å². The first-order valence-electron chi connectivity index (χ1n) is 9.86. The van der Waals surface area contributed by atoms with E-state index in [0.29, 0.717) is 6.61 Å². The molecule has 0 saturated heterocycles. The maximum atomic E-state index is 5.92. The van der Waals surface area contributed by atoms with Gasteiger partial charge in [-0.3, -0.25) is 5.43 Å². The van der Waals surface area contributed by atoms with Crippen molar-refractivity contribution >= 4 is 34.3 Å². The molecule has 0 spiro atoms. The standard InChI is InChI=1S/C25H22ClN3OS/c1-17-6-9-21(12-18(17)2)24-16-31-25(28-24)29-27-14-20-4-3-5-23(13-20)30-15-19-7-10-22(26)11-8-19/h3-14,16H,15H2,1-2H3,(H,28,29)/b27-14-. The topological polar surface area (TPSA) is 46.5 Å². The number of hydrogen-bond acceptors (Lipinski definition) is 5. The summed E-state index contributed by atoms with van der Waals surface area (Å²) in [6.07, 6.45) is 1.76. The molecule has 0 aliphatic heterocycles. The molecule has 0 radical (unpaired) electrons. The van der Waals surface area contributed by atoms with E-state index in [2.05, 4.69) is 47.6 Å². The second kappa shape index (κ2) is 9.77. The number of thiazole rings is 1. The van der Waals surface area contributed by atoms with Gasteiger partial charge in [-0.25, -0.2) is 4.98 Å². The molecule has 31 heavy (non-hydrogen) atoms. The fraction of sp³-hybridized carbons (Fsp3) is 0.120.